The molecule has 1 saturated heterocycles. The second-order valence-electron chi connectivity index (χ2n) is 5.88. The Morgan fingerprint density at radius 3 is 2.85 bits per heavy atom. The lowest BCUT2D eigenvalue weighted by Gasteiger charge is -2.20. The summed E-state index contributed by atoms with van der Waals surface area (Å²) in [4.78, 5) is 18.6. The number of hydrogen-bond acceptors (Lipinski definition) is 7. The fraction of sp³-hybridized carbons (Fsp3) is 0.278. The van der Waals surface area contributed by atoms with Crippen molar-refractivity contribution in [2.24, 2.45) is 0 Å². The van der Waals surface area contributed by atoms with Gasteiger partial charge in [0.2, 0.25) is 5.91 Å². The predicted octanol–water partition coefficient (Wildman–Crippen LogP) is 2.87. The van der Waals surface area contributed by atoms with E-state index in [1.807, 2.05) is 0 Å². The van der Waals surface area contributed by atoms with Crippen molar-refractivity contribution in [1.29, 1.82) is 0 Å². The lowest BCUT2D eigenvalue weighted by Crippen LogP contribution is -2.25. The summed E-state index contributed by atoms with van der Waals surface area (Å²) in [6.07, 6.45) is 1.83. The van der Waals surface area contributed by atoms with Crippen LogP contribution in [0.2, 0.25) is 0 Å². The Labute approximate surface area is 149 Å². The van der Waals surface area contributed by atoms with Crippen molar-refractivity contribution < 1.29 is 23.2 Å². The molecule has 1 aliphatic heterocycles. The molecule has 0 aliphatic carbocycles. The molecular formula is C18H17N3O5. The fourth-order valence-electron chi connectivity index (χ4n) is 3.02. The molecule has 3 heterocycles. The van der Waals surface area contributed by atoms with E-state index in [0.29, 0.717) is 41.2 Å². The zero-order chi connectivity index (χ0) is 18.1. The van der Waals surface area contributed by atoms with Crippen LogP contribution in [0.15, 0.2) is 45.5 Å². The van der Waals surface area contributed by atoms with E-state index in [4.69, 9.17) is 18.4 Å². The van der Waals surface area contributed by atoms with Crippen LogP contribution in [0, 0.1) is 0 Å². The molecule has 1 amide bonds. The Morgan fingerprint density at radius 2 is 2.12 bits per heavy atom. The summed E-state index contributed by atoms with van der Waals surface area (Å²) in [7, 11) is 3.15. The number of rotatable bonds is 5. The van der Waals surface area contributed by atoms with Crippen LogP contribution >= 0.6 is 0 Å². The second kappa shape index (κ2) is 6.55. The van der Waals surface area contributed by atoms with Crippen molar-refractivity contribution >= 4 is 11.6 Å². The number of ether oxygens (including phenoxy) is 2. The number of amides is 1. The minimum absolute atomic E-state index is 0.0362. The van der Waals surface area contributed by atoms with E-state index in [1.165, 1.54) is 6.26 Å². The highest BCUT2D eigenvalue weighted by Gasteiger charge is 2.36. The molecule has 1 aromatic carbocycles. The Kier molecular flexibility index (Phi) is 4.08. The number of carbonyl (C=O) groups is 1. The van der Waals surface area contributed by atoms with Crippen LogP contribution in [0.1, 0.15) is 18.2 Å². The molecule has 1 aliphatic rings. The molecule has 1 unspecified atom stereocenters. The van der Waals surface area contributed by atoms with Crippen LogP contribution in [-0.4, -0.2) is 36.8 Å². The average molecular weight is 355 g/mol. The molecule has 0 spiro atoms. The van der Waals surface area contributed by atoms with Crippen LogP contribution in [0.4, 0.5) is 5.69 Å². The molecule has 4 rings (SSSR count). The Morgan fingerprint density at radius 1 is 1.23 bits per heavy atom. The Bertz CT molecular complexity index is 919. The van der Waals surface area contributed by atoms with Gasteiger partial charge in [-0.05, 0) is 24.3 Å². The molecule has 0 radical (unpaired) electrons. The lowest BCUT2D eigenvalue weighted by molar-refractivity contribution is -0.117. The molecule has 2 aromatic heterocycles. The summed E-state index contributed by atoms with van der Waals surface area (Å²) in [6, 6.07) is 8.83. The third kappa shape index (κ3) is 2.79. The number of anilines is 1. The molecule has 0 saturated carbocycles. The third-order valence-corrected chi connectivity index (χ3v) is 4.34. The van der Waals surface area contributed by atoms with Crippen molar-refractivity contribution in [3.8, 4) is 23.1 Å². The first-order chi connectivity index (χ1) is 12.7. The first-order valence-electron chi connectivity index (χ1n) is 8.09. The standard InChI is InChI=1S/C18H17N3O5/c1-23-12-5-6-14(24-2)13(9-12)21-10-11(8-16(21)22)17-19-18(26-20-17)15-4-3-7-25-15/h3-7,9,11H,8,10H2,1-2H3. The quantitative estimate of drug-likeness (QED) is 0.695. The normalized spacial score (nSPS) is 16.9. The summed E-state index contributed by atoms with van der Waals surface area (Å²) >= 11 is 0. The van der Waals surface area contributed by atoms with Crippen LogP contribution in [0.25, 0.3) is 11.7 Å². The van der Waals surface area contributed by atoms with Crippen LogP contribution in [0.3, 0.4) is 0 Å². The monoisotopic (exact) mass is 355 g/mol. The van der Waals surface area contributed by atoms with Crippen molar-refractivity contribution in [3.63, 3.8) is 0 Å². The van der Waals surface area contributed by atoms with Crippen LogP contribution in [-0.2, 0) is 4.79 Å². The van der Waals surface area contributed by atoms with Gasteiger partial charge in [-0.15, -0.1) is 0 Å². The molecule has 3 aromatic rings. The van der Waals surface area contributed by atoms with E-state index < -0.39 is 0 Å². The van der Waals surface area contributed by atoms with Gasteiger partial charge in [0.05, 0.1) is 26.2 Å². The lowest BCUT2D eigenvalue weighted by atomic mass is 10.1. The zero-order valence-electron chi connectivity index (χ0n) is 14.3. The number of hydrogen-bond donors (Lipinski definition) is 0. The van der Waals surface area contributed by atoms with Crippen LogP contribution in [0.5, 0.6) is 11.5 Å². The summed E-state index contributed by atoms with van der Waals surface area (Å²) in [6.45, 7) is 0.430. The van der Waals surface area contributed by atoms with E-state index in [-0.39, 0.29) is 18.2 Å². The number of nitrogens with zero attached hydrogens (tertiary/aromatic N) is 3. The highest BCUT2D eigenvalue weighted by Crippen LogP contribution is 2.38. The van der Waals surface area contributed by atoms with Gasteiger partial charge < -0.3 is 23.3 Å². The topological polar surface area (TPSA) is 90.8 Å². The third-order valence-electron chi connectivity index (χ3n) is 4.34. The van der Waals surface area contributed by atoms with Gasteiger partial charge in [0.25, 0.3) is 5.89 Å². The maximum Gasteiger partial charge on any atom is 0.293 e. The highest BCUT2D eigenvalue weighted by atomic mass is 16.5. The van der Waals surface area contributed by atoms with Crippen molar-refractivity contribution in [1.82, 2.24) is 10.1 Å². The maximum absolute atomic E-state index is 12.6. The van der Waals surface area contributed by atoms with Crippen LogP contribution < -0.4 is 14.4 Å². The summed E-state index contributed by atoms with van der Waals surface area (Å²) in [5, 5.41) is 4.01. The molecule has 134 valence electrons. The van der Waals surface area contributed by atoms with Gasteiger partial charge in [0, 0.05) is 24.9 Å². The number of carbonyl (C=O) groups excluding carboxylic acids is 1. The minimum Gasteiger partial charge on any atom is -0.497 e. The first kappa shape index (κ1) is 16.2. The number of furan rings is 1. The number of aromatic nitrogens is 2. The Hall–Kier alpha value is -3.29. The fourth-order valence-corrected chi connectivity index (χ4v) is 3.02. The largest absolute Gasteiger partial charge is 0.497 e. The van der Waals surface area contributed by atoms with Gasteiger partial charge in [-0.2, -0.15) is 4.98 Å². The minimum atomic E-state index is -0.175. The molecular weight excluding hydrogens is 338 g/mol. The van der Waals surface area contributed by atoms with E-state index in [9.17, 15) is 4.79 Å². The summed E-state index contributed by atoms with van der Waals surface area (Å²) in [5.74, 6) is 2.32. The molecule has 26 heavy (non-hydrogen) atoms. The smallest absolute Gasteiger partial charge is 0.293 e. The van der Waals surface area contributed by atoms with Gasteiger partial charge >= 0.3 is 0 Å². The van der Waals surface area contributed by atoms with Gasteiger partial charge in [-0.1, -0.05) is 5.16 Å². The van der Waals surface area contributed by atoms with Gasteiger partial charge in [0.1, 0.15) is 11.5 Å². The molecule has 1 fully saturated rings. The van der Waals surface area contributed by atoms with Crippen molar-refractivity contribution in [3.05, 3.63) is 42.4 Å². The predicted molar refractivity (Wildman–Crippen MR) is 91.3 cm³/mol. The summed E-state index contributed by atoms with van der Waals surface area (Å²) in [5.41, 5.74) is 0.661. The highest BCUT2D eigenvalue weighted by molar-refractivity contribution is 5.98. The maximum atomic E-state index is 12.6. The van der Waals surface area contributed by atoms with Gasteiger partial charge in [0.15, 0.2) is 11.6 Å². The van der Waals surface area contributed by atoms with E-state index >= 15 is 0 Å². The SMILES string of the molecule is COc1ccc(OC)c(N2CC(c3noc(-c4ccco4)n3)CC2=O)c1. The first-order valence-corrected chi connectivity index (χ1v) is 8.09. The van der Waals surface area contributed by atoms with E-state index in [0.717, 1.165) is 0 Å². The van der Waals surface area contributed by atoms with Crippen molar-refractivity contribution in [2.45, 2.75) is 12.3 Å². The van der Waals surface area contributed by atoms with E-state index in [2.05, 4.69) is 10.1 Å². The van der Waals surface area contributed by atoms with Gasteiger partial charge in [-0.25, -0.2) is 0 Å². The van der Waals surface area contributed by atoms with Gasteiger partial charge in [-0.3, -0.25) is 4.79 Å². The van der Waals surface area contributed by atoms with E-state index in [1.54, 1.807) is 49.5 Å². The zero-order valence-corrected chi connectivity index (χ0v) is 14.3. The number of benzene rings is 1. The molecule has 1 atom stereocenters. The second-order valence-corrected chi connectivity index (χ2v) is 5.88. The average Bonchev–Trinajstić information content (AvgIpc) is 3.40. The molecule has 0 N–H and O–H groups in total. The number of methoxy groups -OCH3 is 2. The molecule has 8 nitrogen and oxygen atoms in total. The summed E-state index contributed by atoms with van der Waals surface area (Å²) < 4.78 is 21.2. The Balaban J connectivity index is 1.60. The molecule has 0 bridgehead atoms. The molecule has 8 heteroatoms. The van der Waals surface area contributed by atoms with Crippen molar-refractivity contribution in [2.75, 3.05) is 25.7 Å².